The highest BCUT2D eigenvalue weighted by Crippen LogP contribution is 2.32. The maximum absolute atomic E-state index is 11.3. The van der Waals surface area contributed by atoms with Crippen LogP contribution in [0.4, 0.5) is 0 Å². The van der Waals surface area contributed by atoms with Gasteiger partial charge in [0.15, 0.2) is 0 Å². The first-order valence-corrected chi connectivity index (χ1v) is 4.87. The molecule has 0 saturated heterocycles. The summed E-state index contributed by atoms with van der Waals surface area (Å²) in [5.41, 5.74) is 2.92. The lowest BCUT2D eigenvalue weighted by Crippen LogP contribution is -2.30. The van der Waals surface area contributed by atoms with Gasteiger partial charge in [0, 0.05) is 10.9 Å². The van der Waals surface area contributed by atoms with Gasteiger partial charge in [-0.15, -0.1) is 0 Å². The van der Waals surface area contributed by atoms with Crippen molar-refractivity contribution in [2.75, 3.05) is 0 Å². The predicted octanol–water partition coefficient (Wildman–Crippen LogP) is 2.08. The number of amides is 1. The van der Waals surface area contributed by atoms with Crippen LogP contribution in [0.2, 0.25) is 10.0 Å². The van der Waals surface area contributed by atoms with E-state index in [-0.39, 0.29) is 10.7 Å². The van der Waals surface area contributed by atoms with Crippen LogP contribution in [-0.4, -0.2) is 10.9 Å². The molecule has 0 aliphatic heterocycles. The number of nitrogens with two attached hydrogens (primary N) is 1. The highest BCUT2D eigenvalue weighted by Gasteiger charge is 2.16. The molecule has 15 heavy (non-hydrogen) atoms. The Morgan fingerprint density at radius 2 is 2.13 bits per heavy atom. The number of hydrogen-bond acceptors (Lipinski definition) is 2. The summed E-state index contributed by atoms with van der Waals surface area (Å²) in [7, 11) is 0. The summed E-state index contributed by atoms with van der Waals surface area (Å²) in [4.78, 5) is 14.2. The molecule has 6 heteroatoms. The molecule has 1 amide bonds. The van der Waals surface area contributed by atoms with E-state index in [9.17, 15) is 4.79 Å². The second kappa shape index (κ2) is 3.73. The SMILES string of the molecule is NNC(=O)c1[nH]c2cccc(Cl)c2c1Cl. The number of halogens is 2. The van der Waals surface area contributed by atoms with Gasteiger partial charge in [0.05, 0.1) is 10.0 Å². The topological polar surface area (TPSA) is 70.9 Å². The third-order valence-corrected chi connectivity index (χ3v) is 2.76. The van der Waals surface area contributed by atoms with Crippen molar-refractivity contribution in [3.05, 3.63) is 33.9 Å². The number of H-pyrrole nitrogens is 1. The minimum Gasteiger partial charge on any atom is -0.349 e. The fourth-order valence-corrected chi connectivity index (χ4v) is 2.05. The second-order valence-electron chi connectivity index (χ2n) is 2.95. The molecule has 4 nitrogen and oxygen atoms in total. The largest absolute Gasteiger partial charge is 0.349 e. The van der Waals surface area contributed by atoms with Gasteiger partial charge in [-0.05, 0) is 12.1 Å². The fourth-order valence-electron chi connectivity index (χ4n) is 1.39. The molecular weight excluding hydrogens is 237 g/mol. The number of hydrazine groups is 1. The zero-order valence-electron chi connectivity index (χ0n) is 7.47. The van der Waals surface area contributed by atoms with Crippen LogP contribution in [0.15, 0.2) is 18.2 Å². The number of aromatic amines is 1. The molecule has 1 aromatic heterocycles. The van der Waals surface area contributed by atoms with E-state index in [1.807, 2.05) is 5.43 Å². The van der Waals surface area contributed by atoms with Crippen LogP contribution in [0.3, 0.4) is 0 Å². The van der Waals surface area contributed by atoms with E-state index in [0.29, 0.717) is 15.9 Å². The molecule has 0 aliphatic carbocycles. The number of nitrogens with one attached hydrogen (secondary N) is 2. The Hall–Kier alpha value is -1.23. The molecule has 0 radical (unpaired) electrons. The highest BCUT2D eigenvalue weighted by molar-refractivity contribution is 6.44. The minimum atomic E-state index is -0.479. The Bertz CT molecular complexity index is 535. The van der Waals surface area contributed by atoms with Gasteiger partial charge in [0.25, 0.3) is 5.91 Å². The van der Waals surface area contributed by atoms with Gasteiger partial charge in [0.1, 0.15) is 5.69 Å². The van der Waals surface area contributed by atoms with E-state index < -0.39 is 5.91 Å². The summed E-state index contributed by atoms with van der Waals surface area (Å²) in [6, 6.07) is 5.25. The molecule has 2 aromatic rings. The van der Waals surface area contributed by atoms with E-state index in [1.54, 1.807) is 18.2 Å². The molecule has 0 aliphatic rings. The van der Waals surface area contributed by atoms with Gasteiger partial charge in [-0.1, -0.05) is 29.3 Å². The molecule has 0 fully saturated rings. The molecule has 78 valence electrons. The van der Waals surface area contributed by atoms with Gasteiger partial charge in [-0.25, -0.2) is 5.84 Å². The number of benzene rings is 1. The van der Waals surface area contributed by atoms with E-state index in [0.717, 1.165) is 0 Å². The molecule has 0 unspecified atom stereocenters. The van der Waals surface area contributed by atoms with Gasteiger partial charge < -0.3 is 4.98 Å². The lowest BCUT2D eigenvalue weighted by molar-refractivity contribution is 0.0949. The van der Waals surface area contributed by atoms with Crippen molar-refractivity contribution in [2.45, 2.75) is 0 Å². The quantitative estimate of drug-likeness (QED) is 0.408. The van der Waals surface area contributed by atoms with Crippen LogP contribution in [0, 0.1) is 0 Å². The number of aromatic nitrogens is 1. The Balaban J connectivity index is 2.75. The van der Waals surface area contributed by atoms with E-state index in [2.05, 4.69) is 4.98 Å². The molecule has 0 bridgehead atoms. The van der Waals surface area contributed by atoms with Crippen molar-refractivity contribution < 1.29 is 4.79 Å². The summed E-state index contributed by atoms with van der Waals surface area (Å²) in [6.07, 6.45) is 0. The normalized spacial score (nSPS) is 10.6. The standard InChI is InChI=1S/C9H7Cl2N3O/c10-4-2-1-3-5-6(4)7(11)8(13-5)9(15)14-12/h1-3,13H,12H2,(H,14,15). The van der Waals surface area contributed by atoms with Crippen molar-refractivity contribution in [1.29, 1.82) is 0 Å². The average Bonchev–Trinajstić information content (AvgIpc) is 2.56. The third kappa shape index (κ3) is 1.56. The summed E-state index contributed by atoms with van der Waals surface area (Å²) >= 11 is 12.0. The zero-order valence-corrected chi connectivity index (χ0v) is 8.99. The van der Waals surface area contributed by atoms with Gasteiger partial charge in [-0.2, -0.15) is 0 Å². The van der Waals surface area contributed by atoms with Crippen LogP contribution in [-0.2, 0) is 0 Å². The van der Waals surface area contributed by atoms with Crippen molar-refractivity contribution in [1.82, 2.24) is 10.4 Å². The van der Waals surface area contributed by atoms with Crippen LogP contribution < -0.4 is 11.3 Å². The number of nitrogen functional groups attached to an aromatic ring is 1. The van der Waals surface area contributed by atoms with Crippen LogP contribution in [0.1, 0.15) is 10.5 Å². The maximum atomic E-state index is 11.3. The van der Waals surface area contributed by atoms with Crippen molar-refractivity contribution >= 4 is 40.0 Å². The van der Waals surface area contributed by atoms with Gasteiger partial charge >= 0.3 is 0 Å². The van der Waals surface area contributed by atoms with Crippen LogP contribution in [0.25, 0.3) is 10.9 Å². The predicted molar refractivity (Wildman–Crippen MR) is 60.0 cm³/mol. The lowest BCUT2D eigenvalue weighted by Gasteiger charge is -1.95. The molecule has 1 heterocycles. The maximum Gasteiger partial charge on any atom is 0.283 e. The summed E-state index contributed by atoms with van der Waals surface area (Å²) in [5, 5.41) is 1.39. The molecule has 2 rings (SSSR count). The van der Waals surface area contributed by atoms with Gasteiger partial charge in [-0.3, -0.25) is 10.2 Å². The molecule has 0 saturated carbocycles. The van der Waals surface area contributed by atoms with Crippen molar-refractivity contribution in [3.63, 3.8) is 0 Å². The molecular formula is C9H7Cl2N3O. The number of fused-ring (bicyclic) bond motifs is 1. The summed E-state index contributed by atoms with van der Waals surface area (Å²) < 4.78 is 0. The number of rotatable bonds is 1. The first kappa shape index (κ1) is 10.3. The van der Waals surface area contributed by atoms with Crippen molar-refractivity contribution in [2.24, 2.45) is 5.84 Å². The summed E-state index contributed by atoms with van der Waals surface area (Å²) in [6.45, 7) is 0. The zero-order chi connectivity index (χ0) is 11.0. The molecule has 0 atom stereocenters. The molecule has 4 N–H and O–H groups in total. The van der Waals surface area contributed by atoms with Crippen LogP contribution >= 0.6 is 23.2 Å². The number of carbonyl (C=O) groups is 1. The van der Waals surface area contributed by atoms with Crippen LogP contribution in [0.5, 0.6) is 0 Å². The minimum absolute atomic E-state index is 0.210. The van der Waals surface area contributed by atoms with E-state index in [4.69, 9.17) is 29.0 Å². The monoisotopic (exact) mass is 243 g/mol. The molecule has 1 aromatic carbocycles. The number of carbonyl (C=O) groups excluding carboxylic acids is 1. The van der Waals surface area contributed by atoms with Gasteiger partial charge in [0.2, 0.25) is 0 Å². The number of hydrogen-bond donors (Lipinski definition) is 3. The second-order valence-corrected chi connectivity index (χ2v) is 3.74. The van der Waals surface area contributed by atoms with Crippen molar-refractivity contribution in [3.8, 4) is 0 Å². The third-order valence-electron chi connectivity index (χ3n) is 2.07. The average molecular weight is 244 g/mol. The Kier molecular flexibility index (Phi) is 2.56. The Labute approximate surface area is 95.3 Å². The first-order chi connectivity index (χ1) is 7.15. The first-order valence-electron chi connectivity index (χ1n) is 4.11. The molecule has 0 spiro atoms. The van der Waals surface area contributed by atoms with E-state index in [1.165, 1.54) is 0 Å². The Morgan fingerprint density at radius 3 is 2.73 bits per heavy atom. The smallest absolute Gasteiger partial charge is 0.283 e. The fraction of sp³-hybridized carbons (Fsp3) is 0. The Morgan fingerprint density at radius 1 is 1.40 bits per heavy atom. The highest BCUT2D eigenvalue weighted by atomic mass is 35.5. The van der Waals surface area contributed by atoms with E-state index >= 15 is 0 Å². The summed E-state index contributed by atoms with van der Waals surface area (Å²) in [5.74, 6) is 4.54. The lowest BCUT2D eigenvalue weighted by atomic mass is 10.2.